The predicted molar refractivity (Wildman–Crippen MR) is 78.2 cm³/mol. The van der Waals surface area contributed by atoms with E-state index in [2.05, 4.69) is 13.8 Å². The minimum absolute atomic E-state index is 0.210. The number of para-hydroxylation sites is 1. The highest BCUT2D eigenvalue weighted by molar-refractivity contribution is 5.20. The fraction of sp³-hybridized carbons (Fsp3) is 0.647. The molecule has 1 saturated carbocycles. The van der Waals surface area contributed by atoms with Crippen LogP contribution >= 0.6 is 0 Å². The average Bonchev–Trinajstić information content (AvgIpc) is 2.43. The van der Waals surface area contributed by atoms with E-state index in [0.29, 0.717) is 12.5 Å². The van der Waals surface area contributed by atoms with Crippen LogP contribution in [0.4, 0.5) is 0 Å². The molecule has 0 heterocycles. The maximum atomic E-state index is 10.3. The molecule has 0 saturated heterocycles. The first kappa shape index (κ1) is 14.4. The third kappa shape index (κ3) is 4.24. The Labute approximate surface area is 116 Å². The maximum Gasteiger partial charge on any atom is 0.119 e. The summed E-state index contributed by atoms with van der Waals surface area (Å²) in [5, 5.41) is 10.3. The van der Waals surface area contributed by atoms with Crippen molar-refractivity contribution in [1.29, 1.82) is 0 Å². The topological polar surface area (TPSA) is 29.5 Å². The molecule has 0 bridgehead atoms. The van der Waals surface area contributed by atoms with E-state index in [4.69, 9.17) is 4.74 Å². The summed E-state index contributed by atoms with van der Waals surface area (Å²) in [6, 6.07) is 9.83. The fourth-order valence-corrected chi connectivity index (χ4v) is 2.99. The van der Waals surface area contributed by atoms with E-state index in [9.17, 15) is 5.11 Å². The summed E-state index contributed by atoms with van der Waals surface area (Å²) in [5.74, 6) is 2.90. The zero-order valence-electron chi connectivity index (χ0n) is 12.1. The Kier molecular flexibility index (Phi) is 5.26. The van der Waals surface area contributed by atoms with Crippen LogP contribution in [-0.4, -0.2) is 17.8 Å². The van der Waals surface area contributed by atoms with Gasteiger partial charge in [-0.2, -0.15) is 0 Å². The molecule has 2 nitrogen and oxygen atoms in total. The van der Waals surface area contributed by atoms with Gasteiger partial charge in [0.25, 0.3) is 0 Å². The van der Waals surface area contributed by atoms with Crippen molar-refractivity contribution in [2.45, 2.75) is 45.6 Å². The summed E-state index contributed by atoms with van der Waals surface area (Å²) >= 11 is 0. The van der Waals surface area contributed by atoms with Crippen molar-refractivity contribution >= 4 is 0 Å². The Balaban J connectivity index is 1.71. The van der Waals surface area contributed by atoms with Gasteiger partial charge in [-0.15, -0.1) is 0 Å². The third-order valence-electron chi connectivity index (χ3n) is 4.61. The molecular weight excluding hydrogens is 236 g/mol. The van der Waals surface area contributed by atoms with Crippen molar-refractivity contribution in [3.05, 3.63) is 30.3 Å². The van der Waals surface area contributed by atoms with Crippen LogP contribution in [0.5, 0.6) is 5.75 Å². The van der Waals surface area contributed by atoms with Crippen LogP contribution < -0.4 is 4.74 Å². The molecule has 4 atom stereocenters. The molecule has 106 valence electrons. The second-order valence-electron chi connectivity index (χ2n) is 6.05. The van der Waals surface area contributed by atoms with Crippen LogP contribution in [0.3, 0.4) is 0 Å². The zero-order valence-corrected chi connectivity index (χ0v) is 12.1. The average molecular weight is 262 g/mol. The lowest BCUT2D eigenvalue weighted by Crippen LogP contribution is -2.30. The van der Waals surface area contributed by atoms with Gasteiger partial charge in [0.05, 0.1) is 12.7 Å². The van der Waals surface area contributed by atoms with E-state index in [0.717, 1.165) is 36.8 Å². The van der Waals surface area contributed by atoms with Crippen LogP contribution in [0.25, 0.3) is 0 Å². The SMILES string of the molecule is CC1CCC(C(O)CCOc2ccccc2)CC1C. The molecule has 2 rings (SSSR count). The van der Waals surface area contributed by atoms with Gasteiger partial charge in [0.1, 0.15) is 5.75 Å². The van der Waals surface area contributed by atoms with E-state index in [1.165, 1.54) is 6.42 Å². The first-order valence-electron chi connectivity index (χ1n) is 7.52. The number of aliphatic hydroxyl groups excluding tert-OH is 1. The largest absolute Gasteiger partial charge is 0.493 e. The number of hydrogen-bond acceptors (Lipinski definition) is 2. The van der Waals surface area contributed by atoms with Gasteiger partial charge in [-0.3, -0.25) is 0 Å². The summed E-state index contributed by atoms with van der Waals surface area (Å²) in [5.41, 5.74) is 0. The first-order chi connectivity index (χ1) is 9.16. The number of aliphatic hydroxyl groups is 1. The van der Waals surface area contributed by atoms with Gasteiger partial charge in [0.15, 0.2) is 0 Å². The van der Waals surface area contributed by atoms with E-state index in [1.807, 2.05) is 30.3 Å². The van der Waals surface area contributed by atoms with Crippen LogP contribution in [0.1, 0.15) is 39.5 Å². The lowest BCUT2D eigenvalue weighted by atomic mass is 9.73. The smallest absolute Gasteiger partial charge is 0.119 e. The molecule has 0 spiro atoms. The van der Waals surface area contributed by atoms with Gasteiger partial charge < -0.3 is 9.84 Å². The van der Waals surface area contributed by atoms with Gasteiger partial charge in [-0.05, 0) is 42.7 Å². The van der Waals surface area contributed by atoms with Crippen LogP contribution in [-0.2, 0) is 0 Å². The minimum Gasteiger partial charge on any atom is -0.493 e. The van der Waals surface area contributed by atoms with Crippen molar-refractivity contribution in [2.75, 3.05) is 6.61 Å². The molecule has 1 N–H and O–H groups in total. The molecule has 0 amide bonds. The first-order valence-corrected chi connectivity index (χ1v) is 7.52. The summed E-state index contributed by atoms with van der Waals surface area (Å²) in [4.78, 5) is 0. The van der Waals surface area contributed by atoms with E-state index in [-0.39, 0.29) is 6.10 Å². The highest BCUT2D eigenvalue weighted by atomic mass is 16.5. The zero-order chi connectivity index (χ0) is 13.7. The Hall–Kier alpha value is -1.02. The Morgan fingerprint density at radius 3 is 2.58 bits per heavy atom. The summed E-state index contributed by atoms with van der Waals surface area (Å²) < 4.78 is 5.66. The molecule has 19 heavy (non-hydrogen) atoms. The van der Waals surface area contributed by atoms with Crippen LogP contribution in [0.15, 0.2) is 30.3 Å². The third-order valence-corrected chi connectivity index (χ3v) is 4.61. The van der Waals surface area contributed by atoms with Gasteiger partial charge in [-0.1, -0.05) is 38.5 Å². The fourth-order valence-electron chi connectivity index (χ4n) is 2.99. The van der Waals surface area contributed by atoms with E-state index < -0.39 is 0 Å². The molecule has 1 aliphatic carbocycles. The summed E-state index contributed by atoms with van der Waals surface area (Å²) in [6.07, 6.45) is 4.10. The number of hydrogen-bond donors (Lipinski definition) is 1. The molecule has 0 aliphatic heterocycles. The number of benzene rings is 1. The molecule has 1 aromatic rings. The number of rotatable bonds is 5. The monoisotopic (exact) mass is 262 g/mol. The van der Waals surface area contributed by atoms with Crippen molar-refractivity contribution in [1.82, 2.24) is 0 Å². The highest BCUT2D eigenvalue weighted by Crippen LogP contribution is 2.35. The molecule has 1 aliphatic rings. The van der Waals surface area contributed by atoms with E-state index in [1.54, 1.807) is 0 Å². The minimum atomic E-state index is -0.210. The standard InChI is InChI=1S/C17H26O2/c1-13-8-9-15(12-14(13)2)17(18)10-11-19-16-6-4-3-5-7-16/h3-7,13-15,17-18H,8-12H2,1-2H3. The van der Waals surface area contributed by atoms with Crippen molar-refractivity contribution in [3.8, 4) is 5.75 Å². The Morgan fingerprint density at radius 1 is 1.16 bits per heavy atom. The van der Waals surface area contributed by atoms with Crippen molar-refractivity contribution < 1.29 is 9.84 Å². The molecular formula is C17H26O2. The molecule has 1 aromatic carbocycles. The second kappa shape index (κ2) is 6.95. The normalized spacial score (nSPS) is 28.9. The predicted octanol–water partition coefficient (Wildman–Crippen LogP) is 3.89. The van der Waals surface area contributed by atoms with Gasteiger partial charge >= 0.3 is 0 Å². The van der Waals surface area contributed by atoms with Crippen LogP contribution in [0.2, 0.25) is 0 Å². The molecule has 2 heteroatoms. The van der Waals surface area contributed by atoms with E-state index >= 15 is 0 Å². The van der Waals surface area contributed by atoms with Gasteiger partial charge in [-0.25, -0.2) is 0 Å². The lowest BCUT2D eigenvalue weighted by Gasteiger charge is -2.34. The highest BCUT2D eigenvalue weighted by Gasteiger charge is 2.28. The molecule has 4 unspecified atom stereocenters. The summed E-state index contributed by atoms with van der Waals surface area (Å²) in [7, 11) is 0. The quantitative estimate of drug-likeness (QED) is 0.872. The second-order valence-corrected chi connectivity index (χ2v) is 6.05. The van der Waals surface area contributed by atoms with Crippen molar-refractivity contribution in [2.24, 2.45) is 17.8 Å². The van der Waals surface area contributed by atoms with Gasteiger partial charge in [0, 0.05) is 6.42 Å². The Bertz CT molecular complexity index is 363. The molecule has 0 aromatic heterocycles. The van der Waals surface area contributed by atoms with Gasteiger partial charge in [0.2, 0.25) is 0 Å². The maximum absolute atomic E-state index is 10.3. The molecule has 1 fully saturated rings. The van der Waals surface area contributed by atoms with Crippen LogP contribution in [0, 0.1) is 17.8 Å². The van der Waals surface area contributed by atoms with Crippen molar-refractivity contribution in [3.63, 3.8) is 0 Å². The molecule has 0 radical (unpaired) electrons. The Morgan fingerprint density at radius 2 is 1.89 bits per heavy atom. The summed E-state index contributed by atoms with van der Waals surface area (Å²) in [6.45, 7) is 5.24. The lowest BCUT2D eigenvalue weighted by molar-refractivity contribution is 0.0411. The number of ether oxygens (including phenoxy) is 1.